The van der Waals surface area contributed by atoms with Gasteiger partial charge in [-0.25, -0.2) is 4.39 Å². The Morgan fingerprint density at radius 2 is 1.85 bits per heavy atom. The Balaban J connectivity index is 0.00000204. The molecule has 0 unspecified atom stereocenters. The number of carbonyl (C=O) groups is 2. The third-order valence-electron chi connectivity index (χ3n) is 8.81. The molecule has 0 radical (unpaired) electrons. The van der Waals surface area contributed by atoms with Crippen LogP contribution in [0.1, 0.15) is 46.5 Å². The van der Waals surface area contributed by atoms with Crippen LogP contribution in [0.2, 0.25) is 0 Å². The summed E-state index contributed by atoms with van der Waals surface area (Å²) in [5.74, 6) is -3.03. The molecule has 34 heavy (non-hydrogen) atoms. The Morgan fingerprint density at radius 1 is 1.24 bits per heavy atom. The van der Waals surface area contributed by atoms with Crippen molar-refractivity contribution in [3.63, 3.8) is 0 Å². The van der Waals surface area contributed by atoms with Crippen molar-refractivity contribution in [1.29, 1.82) is 0 Å². The number of rotatable bonds is 3. The molecule has 8 nitrogen and oxygen atoms in total. The van der Waals surface area contributed by atoms with Crippen molar-refractivity contribution in [3.05, 3.63) is 23.8 Å². The largest absolute Gasteiger partial charge is 1.00 e. The number of allylic oxidation sites excluding steroid dienone is 4. The number of halogens is 1. The van der Waals surface area contributed by atoms with Crippen molar-refractivity contribution in [2.75, 3.05) is 6.61 Å². The molecular weight excluding hydrogens is 488 g/mol. The number of aliphatic hydroxyl groups is 2. The van der Waals surface area contributed by atoms with Crippen molar-refractivity contribution >= 4 is 19.4 Å². The van der Waals surface area contributed by atoms with E-state index >= 15 is 4.39 Å². The molecule has 3 fully saturated rings. The summed E-state index contributed by atoms with van der Waals surface area (Å²) in [5.41, 5.74) is -6.29. The van der Waals surface area contributed by atoms with E-state index in [4.69, 9.17) is 0 Å². The Kier molecular flexibility index (Phi) is 8.96. The first-order valence-electron chi connectivity index (χ1n) is 10.8. The third-order valence-corrected chi connectivity index (χ3v) is 9.25. The second-order valence-corrected chi connectivity index (χ2v) is 11.5. The first-order valence-corrected chi connectivity index (χ1v) is 12.3. The van der Waals surface area contributed by atoms with E-state index in [-0.39, 0.29) is 77.7 Å². The summed E-state index contributed by atoms with van der Waals surface area (Å²) in [6.07, 6.45) is 3.35. The van der Waals surface area contributed by atoms with Crippen LogP contribution in [0.15, 0.2) is 23.8 Å². The molecule has 0 spiro atoms. The number of phosphoric acid groups is 1. The predicted molar refractivity (Wildman–Crippen MR) is 106 cm³/mol. The van der Waals surface area contributed by atoms with Crippen LogP contribution >= 0.6 is 7.82 Å². The van der Waals surface area contributed by atoms with Crippen molar-refractivity contribution in [2.24, 2.45) is 28.6 Å². The van der Waals surface area contributed by atoms with Crippen LogP contribution in [-0.2, 0) is 18.7 Å². The monoisotopic (exact) mass is 516 g/mol. The molecule has 0 aromatic rings. The van der Waals surface area contributed by atoms with Crippen LogP contribution in [0.5, 0.6) is 0 Å². The van der Waals surface area contributed by atoms with Gasteiger partial charge in [0.05, 0.1) is 20.5 Å². The fourth-order valence-corrected chi connectivity index (χ4v) is 7.29. The van der Waals surface area contributed by atoms with E-state index in [2.05, 4.69) is 4.52 Å². The molecule has 3 saturated carbocycles. The van der Waals surface area contributed by atoms with E-state index in [1.807, 2.05) is 0 Å². The molecule has 0 amide bonds. The van der Waals surface area contributed by atoms with Crippen molar-refractivity contribution in [3.8, 4) is 0 Å². The normalized spacial score (nSPS) is 45.7. The molecule has 2 N–H and O–H groups in total. The van der Waals surface area contributed by atoms with Gasteiger partial charge in [0.1, 0.15) is 5.60 Å². The van der Waals surface area contributed by atoms with Crippen molar-refractivity contribution in [1.82, 2.24) is 0 Å². The zero-order chi connectivity index (χ0) is 23.9. The summed E-state index contributed by atoms with van der Waals surface area (Å²) in [7, 11) is -5.43. The van der Waals surface area contributed by atoms with E-state index in [9.17, 15) is 34.2 Å². The number of fused-ring (bicyclic) bond motifs is 5. The minimum atomic E-state index is -5.43. The van der Waals surface area contributed by atoms with Crippen molar-refractivity contribution in [2.45, 2.75) is 63.8 Å². The zero-order valence-electron chi connectivity index (χ0n) is 20.2. The van der Waals surface area contributed by atoms with Gasteiger partial charge in [-0.3, -0.25) is 9.59 Å². The Bertz CT molecular complexity index is 984. The van der Waals surface area contributed by atoms with Gasteiger partial charge in [0, 0.05) is 16.7 Å². The number of aliphatic hydroxyl groups excluding tert-OH is 1. The van der Waals surface area contributed by atoms with E-state index in [0.717, 1.165) is 0 Å². The Morgan fingerprint density at radius 3 is 2.44 bits per heavy atom. The maximum Gasteiger partial charge on any atom is 1.00 e. The predicted octanol–water partition coefficient (Wildman–Crippen LogP) is -5.24. The molecule has 0 aromatic heterocycles. The average molecular weight is 516 g/mol. The van der Waals surface area contributed by atoms with E-state index in [1.54, 1.807) is 20.8 Å². The van der Waals surface area contributed by atoms with Gasteiger partial charge in [-0.2, -0.15) is 0 Å². The van der Waals surface area contributed by atoms with Gasteiger partial charge < -0.3 is 29.1 Å². The van der Waals surface area contributed by atoms with E-state index in [1.165, 1.54) is 18.2 Å². The molecule has 0 heterocycles. The van der Waals surface area contributed by atoms with Crippen molar-refractivity contribution < 1.29 is 102 Å². The number of phosphoric ester groups is 1. The van der Waals surface area contributed by atoms with Crippen LogP contribution in [-0.4, -0.2) is 45.8 Å². The molecule has 0 aromatic carbocycles. The molecule has 0 aliphatic heterocycles. The van der Waals surface area contributed by atoms with Gasteiger partial charge in [-0.1, -0.05) is 25.5 Å². The standard InChI is InChI=1S/C22H30FO8P.2Na/c1-12-8-16-15-5-4-13-9-14(24)6-7-20(13,3)22(15,23)17(25)10-19(16,2)18(26)21(12,27)11-31-32(28,29)30;;/h6-7,9,12,15-17,25,27H,4-5,8,10-11H2,1-3H3,(H2,28,29,30);;/q;2*+1/p-2/t12-,15-,16-,17-,19-,20-,21-,22-;;/m0../s1. The quantitative estimate of drug-likeness (QED) is 0.280. The number of alkyl halides is 1. The number of hydrogen-bond acceptors (Lipinski definition) is 8. The molecule has 8 atom stereocenters. The number of Topliss-reactive ketones (excluding diaryl/α,β-unsaturated/α-hetero) is 1. The Hall–Kier alpha value is 0.780. The van der Waals surface area contributed by atoms with Gasteiger partial charge in [0.15, 0.2) is 17.2 Å². The van der Waals surface area contributed by atoms with Gasteiger partial charge in [-0.15, -0.1) is 0 Å². The SMILES string of the molecule is C[C@H]1C[C@H]2[C@@H]3CCC4=CC(=O)C=C[C@]4(C)[C@@]3(F)[C@@H](O)C[C@]2(C)C(=O)[C@]1(O)COP(=O)([O-])[O-].[Na+].[Na+]. The van der Waals surface area contributed by atoms with Crippen LogP contribution < -0.4 is 68.9 Å². The van der Waals surface area contributed by atoms with Gasteiger partial charge in [0.25, 0.3) is 0 Å². The van der Waals surface area contributed by atoms with E-state index < -0.39 is 66.2 Å². The summed E-state index contributed by atoms with van der Waals surface area (Å²) >= 11 is 0. The minimum absolute atomic E-state index is 0. The summed E-state index contributed by atoms with van der Waals surface area (Å²) in [6.45, 7) is 3.76. The summed E-state index contributed by atoms with van der Waals surface area (Å²) in [5, 5.41) is 22.2. The molecule has 0 bridgehead atoms. The smallest absolute Gasteiger partial charge is 0.790 e. The van der Waals surface area contributed by atoms with Gasteiger partial charge >= 0.3 is 59.1 Å². The van der Waals surface area contributed by atoms with Crippen LogP contribution in [0, 0.1) is 28.6 Å². The fraction of sp³-hybridized carbons (Fsp3) is 0.727. The molecule has 0 saturated heterocycles. The molecule has 4 aliphatic rings. The average Bonchev–Trinajstić information content (AvgIpc) is 2.69. The first kappa shape index (κ1) is 31.0. The van der Waals surface area contributed by atoms with Crippen LogP contribution in [0.25, 0.3) is 0 Å². The summed E-state index contributed by atoms with van der Waals surface area (Å²) in [6, 6.07) is 0. The molecule has 4 aliphatic carbocycles. The zero-order valence-corrected chi connectivity index (χ0v) is 25.1. The molecule has 4 rings (SSSR count). The van der Waals surface area contributed by atoms with Crippen LogP contribution in [0.4, 0.5) is 4.39 Å². The van der Waals surface area contributed by atoms with E-state index in [0.29, 0.717) is 18.4 Å². The van der Waals surface area contributed by atoms with Crippen LogP contribution in [0.3, 0.4) is 0 Å². The van der Waals surface area contributed by atoms with Gasteiger partial charge in [-0.05, 0) is 56.6 Å². The molecule has 178 valence electrons. The first-order chi connectivity index (χ1) is 14.6. The molecule has 12 heteroatoms. The maximum atomic E-state index is 17.0. The number of carbonyl (C=O) groups excluding carboxylic acids is 2. The van der Waals surface area contributed by atoms with Gasteiger partial charge in [0.2, 0.25) is 0 Å². The molecular formula is C22H28FNa2O8P. The summed E-state index contributed by atoms with van der Waals surface area (Å²) in [4.78, 5) is 47.3. The maximum absolute atomic E-state index is 17.0. The fourth-order valence-electron chi connectivity index (χ4n) is 6.94. The number of ketones is 2. The summed E-state index contributed by atoms with van der Waals surface area (Å²) < 4.78 is 32.2. The minimum Gasteiger partial charge on any atom is -0.790 e. The number of hydrogen-bond donors (Lipinski definition) is 2. The topological polar surface area (TPSA) is 147 Å². The third kappa shape index (κ3) is 4.40. The second-order valence-electron chi connectivity index (χ2n) is 10.4. The Labute approximate surface area is 242 Å². The second kappa shape index (κ2) is 9.83.